The molecular weight excluding hydrogens is 649 g/mol. The molecule has 0 unspecified atom stereocenters. The van der Waals surface area contributed by atoms with Crippen molar-refractivity contribution in [2.24, 2.45) is 0 Å². The van der Waals surface area contributed by atoms with Gasteiger partial charge in [-0.25, -0.2) is 0 Å². The van der Waals surface area contributed by atoms with Gasteiger partial charge in [-0.2, -0.15) is 0 Å². The van der Waals surface area contributed by atoms with E-state index in [9.17, 15) is 0 Å². The van der Waals surface area contributed by atoms with Crippen molar-refractivity contribution in [3.05, 3.63) is 206 Å². The molecule has 0 saturated heterocycles. The number of rotatable bonds is 5. The van der Waals surface area contributed by atoms with Crippen LogP contribution in [0.5, 0.6) is 0 Å². The van der Waals surface area contributed by atoms with Crippen LogP contribution in [0.25, 0.3) is 110 Å². The van der Waals surface area contributed by atoms with E-state index < -0.39 is 0 Å². The molecule has 10 aromatic rings. The molecule has 0 atom stereocenters. The first-order valence-electron chi connectivity index (χ1n) is 18.8. The molecule has 0 amide bonds. The van der Waals surface area contributed by atoms with Gasteiger partial charge in [0.15, 0.2) is 0 Å². The van der Waals surface area contributed by atoms with Crippen LogP contribution in [0.15, 0.2) is 206 Å². The lowest BCUT2D eigenvalue weighted by Crippen LogP contribution is -1.99. The molecule has 11 rings (SSSR count). The van der Waals surface area contributed by atoms with E-state index in [1.807, 2.05) is 0 Å². The minimum Gasteiger partial charge on any atom is -0.0622 e. The Labute approximate surface area is 315 Å². The third kappa shape index (κ3) is 4.57. The van der Waals surface area contributed by atoms with Gasteiger partial charge in [0.2, 0.25) is 0 Å². The second kappa shape index (κ2) is 12.3. The summed E-state index contributed by atoms with van der Waals surface area (Å²) in [6, 6.07) is 76.1. The first-order valence-corrected chi connectivity index (χ1v) is 18.8. The SMILES string of the molecule is c1ccc(-c2c(-c3ccccc3)c(-c3ccccc3)c3c(-c4ccccc4)c(-c4cccc5c4ccc4ccccc45)cc4c3c2-c2ccccc2-4)cc1. The normalized spacial score (nSPS) is 11.7. The van der Waals surface area contributed by atoms with Crippen molar-refractivity contribution in [3.63, 3.8) is 0 Å². The van der Waals surface area contributed by atoms with Crippen LogP contribution in [-0.2, 0) is 0 Å². The van der Waals surface area contributed by atoms with Gasteiger partial charge >= 0.3 is 0 Å². The van der Waals surface area contributed by atoms with Crippen LogP contribution >= 0.6 is 0 Å². The lowest BCUT2D eigenvalue weighted by Gasteiger charge is -2.26. The van der Waals surface area contributed by atoms with Crippen LogP contribution < -0.4 is 0 Å². The van der Waals surface area contributed by atoms with E-state index in [1.165, 1.54) is 110 Å². The Kier molecular flexibility index (Phi) is 6.97. The summed E-state index contributed by atoms with van der Waals surface area (Å²) in [5, 5.41) is 7.68. The number of benzene rings is 10. The zero-order chi connectivity index (χ0) is 35.6. The van der Waals surface area contributed by atoms with Crippen LogP contribution in [0.3, 0.4) is 0 Å². The van der Waals surface area contributed by atoms with Crippen LogP contribution in [0.4, 0.5) is 0 Å². The average Bonchev–Trinajstić information content (AvgIpc) is 3.58. The Morgan fingerprint density at radius 3 is 1.33 bits per heavy atom. The molecule has 0 nitrogen and oxygen atoms in total. The molecule has 10 aromatic carbocycles. The minimum atomic E-state index is 1.21. The maximum Gasteiger partial charge on any atom is -0.000137 e. The number of fused-ring (bicyclic) bond motifs is 6. The molecule has 0 spiro atoms. The predicted octanol–water partition coefficient (Wildman–Crippen LogP) is 15.1. The van der Waals surface area contributed by atoms with Gasteiger partial charge in [-0.05, 0) is 116 Å². The van der Waals surface area contributed by atoms with Crippen molar-refractivity contribution in [3.8, 4) is 77.9 Å². The van der Waals surface area contributed by atoms with Crippen molar-refractivity contribution in [2.75, 3.05) is 0 Å². The maximum atomic E-state index is 2.51. The Morgan fingerprint density at radius 2 is 0.685 bits per heavy atom. The second-order valence-corrected chi connectivity index (χ2v) is 14.3. The highest BCUT2D eigenvalue weighted by Crippen LogP contribution is 2.61. The molecule has 0 fully saturated rings. The summed E-state index contributed by atoms with van der Waals surface area (Å²) in [7, 11) is 0. The Balaban J connectivity index is 1.43. The fourth-order valence-electron chi connectivity index (χ4n) is 9.18. The van der Waals surface area contributed by atoms with Crippen molar-refractivity contribution < 1.29 is 0 Å². The van der Waals surface area contributed by atoms with E-state index in [2.05, 4.69) is 206 Å². The summed E-state index contributed by atoms with van der Waals surface area (Å²) in [6.07, 6.45) is 0. The molecule has 0 bridgehead atoms. The van der Waals surface area contributed by atoms with Gasteiger partial charge in [0.25, 0.3) is 0 Å². The zero-order valence-corrected chi connectivity index (χ0v) is 29.6. The van der Waals surface area contributed by atoms with E-state index in [0.717, 1.165) is 0 Å². The van der Waals surface area contributed by atoms with Crippen molar-refractivity contribution >= 4 is 32.3 Å². The zero-order valence-electron chi connectivity index (χ0n) is 29.6. The van der Waals surface area contributed by atoms with E-state index in [4.69, 9.17) is 0 Å². The molecule has 0 N–H and O–H groups in total. The van der Waals surface area contributed by atoms with Crippen molar-refractivity contribution in [1.82, 2.24) is 0 Å². The average molecular weight is 683 g/mol. The summed E-state index contributed by atoms with van der Waals surface area (Å²) in [5.74, 6) is 0. The van der Waals surface area contributed by atoms with Gasteiger partial charge in [-0.1, -0.05) is 200 Å². The molecule has 250 valence electrons. The molecule has 0 heteroatoms. The quantitative estimate of drug-likeness (QED) is 0.159. The van der Waals surface area contributed by atoms with E-state index in [-0.39, 0.29) is 0 Å². The molecule has 0 saturated carbocycles. The van der Waals surface area contributed by atoms with Crippen molar-refractivity contribution in [1.29, 1.82) is 0 Å². The van der Waals surface area contributed by atoms with E-state index in [0.29, 0.717) is 0 Å². The van der Waals surface area contributed by atoms with Gasteiger partial charge < -0.3 is 0 Å². The monoisotopic (exact) mass is 682 g/mol. The number of hydrogen-bond acceptors (Lipinski definition) is 0. The molecular formula is C54H34. The topological polar surface area (TPSA) is 0 Å². The fraction of sp³-hybridized carbons (Fsp3) is 0. The first-order chi connectivity index (χ1) is 26.8. The van der Waals surface area contributed by atoms with E-state index in [1.54, 1.807) is 0 Å². The third-order valence-electron chi connectivity index (χ3n) is 11.4. The lowest BCUT2D eigenvalue weighted by atomic mass is 9.76. The smallest absolute Gasteiger partial charge is 0.000137 e. The molecule has 54 heavy (non-hydrogen) atoms. The minimum absolute atomic E-state index is 1.21. The van der Waals surface area contributed by atoms with Gasteiger partial charge in [0, 0.05) is 0 Å². The van der Waals surface area contributed by atoms with Gasteiger partial charge in [-0.3, -0.25) is 0 Å². The highest BCUT2D eigenvalue weighted by molar-refractivity contribution is 6.31. The van der Waals surface area contributed by atoms with Gasteiger partial charge in [0.1, 0.15) is 0 Å². The Morgan fingerprint density at radius 1 is 0.204 bits per heavy atom. The highest BCUT2D eigenvalue weighted by atomic mass is 14.4. The third-order valence-corrected chi connectivity index (χ3v) is 11.4. The lowest BCUT2D eigenvalue weighted by molar-refractivity contribution is 1.58. The molecule has 0 aromatic heterocycles. The standard InChI is InChI=1S/C54H34/c1-5-19-36(20-6-1)48-46(42-31-17-30-41-40-27-14-13-18-35(40)32-33-44(41)42)34-47-43-28-15-16-29-45(43)52-50(38-23-9-3-10-24-38)49(37-21-7-2-8-22-37)51(54(48)53(47)52)39-25-11-4-12-26-39/h1-34H. The fourth-order valence-corrected chi connectivity index (χ4v) is 9.18. The van der Waals surface area contributed by atoms with Crippen LogP contribution in [0.1, 0.15) is 0 Å². The van der Waals surface area contributed by atoms with Crippen LogP contribution in [0, 0.1) is 0 Å². The molecule has 0 heterocycles. The van der Waals surface area contributed by atoms with Gasteiger partial charge in [-0.15, -0.1) is 0 Å². The molecule has 1 aliphatic carbocycles. The summed E-state index contributed by atoms with van der Waals surface area (Å²) >= 11 is 0. The summed E-state index contributed by atoms with van der Waals surface area (Å²) in [4.78, 5) is 0. The maximum absolute atomic E-state index is 2.51. The van der Waals surface area contributed by atoms with Crippen molar-refractivity contribution in [2.45, 2.75) is 0 Å². The highest BCUT2D eigenvalue weighted by Gasteiger charge is 2.33. The summed E-state index contributed by atoms with van der Waals surface area (Å²) in [5.41, 5.74) is 17.6. The molecule has 1 aliphatic rings. The summed E-state index contributed by atoms with van der Waals surface area (Å²) < 4.78 is 0. The predicted molar refractivity (Wildman–Crippen MR) is 231 cm³/mol. The Bertz CT molecular complexity index is 3050. The largest absolute Gasteiger partial charge is 0.0622 e. The molecule has 0 aliphatic heterocycles. The van der Waals surface area contributed by atoms with Gasteiger partial charge in [0.05, 0.1) is 0 Å². The number of hydrogen-bond donors (Lipinski definition) is 0. The van der Waals surface area contributed by atoms with E-state index >= 15 is 0 Å². The molecule has 0 radical (unpaired) electrons. The Hall–Kier alpha value is -7.02. The second-order valence-electron chi connectivity index (χ2n) is 14.3. The van der Waals surface area contributed by atoms with Crippen LogP contribution in [-0.4, -0.2) is 0 Å². The summed E-state index contributed by atoms with van der Waals surface area (Å²) in [6.45, 7) is 0. The van der Waals surface area contributed by atoms with Crippen LogP contribution in [0.2, 0.25) is 0 Å². The first kappa shape index (κ1) is 30.6.